The molecule has 0 amide bonds. The summed E-state index contributed by atoms with van der Waals surface area (Å²) in [5, 5.41) is 3.54. The maximum atomic E-state index is 13.2. The van der Waals surface area contributed by atoms with E-state index in [4.69, 9.17) is 0 Å². The van der Waals surface area contributed by atoms with Crippen LogP contribution in [0.4, 0.5) is 4.39 Å². The largest absolute Gasteiger partial charge is 0.316 e. The fraction of sp³-hybridized carbons (Fsp3) is 0.625. The third-order valence-corrected chi connectivity index (χ3v) is 4.18. The van der Waals surface area contributed by atoms with E-state index in [9.17, 15) is 4.39 Å². The molecule has 0 heterocycles. The summed E-state index contributed by atoms with van der Waals surface area (Å²) in [5.41, 5.74) is 1.40. The van der Waals surface area contributed by atoms with Crippen LogP contribution in [0.1, 0.15) is 39.7 Å². The van der Waals surface area contributed by atoms with Gasteiger partial charge < -0.3 is 5.32 Å². The smallest absolute Gasteiger partial charge is 0.137 e. The molecule has 0 saturated heterocycles. The molecule has 0 fully saturated rings. The van der Waals surface area contributed by atoms with Crippen molar-refractivity contribution >= 4 is 15.9 Å². The van der Waals surface area contributed by atoms with Gasteiger partial charge in [0.25, 0.3) is 0 Å². The van der Waals surface area contributed by atoms with Gasteiger partial charge >= 0.3 is 0 Å². The van der Waals surface area contributed by atoms with E-state index < -0.39 is 0 Å². The highest BCUT2D eigenvalue weighted by Crippen LogP contribution is 2.27. The highest BCUT2D eigenvalue weighted by atomic mass is 79.9. The number of hydrogen-bond acceptors (Lipinski definition) is 1. The van der Waals surface area contributed by atoms with Crippen molar-refractivity contribution in [3.05, 3.63) is 34.1 Å². The SMILES string of the molecule is CCC(C)(CNCC(C)C)Cc1ccc(F)c(Br)c1. The van der Waals surface area contributed by atoms with Gasteiger partial charge in [0.1, 0.15) is 5.82 Å². The van der Waals surface area contributed by atoms with Crippen LogP contribution in [0.15, 0.2) is 22.7 Å². The number of halogens is 2. The second-order valence-electron chi connectivity index (χ2n) is 6.11. The van der Waals surface area contributed by atoms with E-state index in [0.717, 1.165) is 25.9 Å². The number of nitrogens with one attached hydrogen (secondary N) is 1. The van der Waals surface area contributed by atoms with Gasteiger partial charge in [-0.3, -0.25) is 0 Å². The Morgan fingerprint density at radius 2 is 2.05 bits per heavy atom. The van der Waals surface area contributed by atoms with Crippen molar-refractivity contribution in [3.8, 4) is 0 Å². The van der Waals surface area contributed by atoms with Gasteiger partial charge in [0.05, 0.1) is 4.47 Å². The van der Waals surface area contributed by atoms with Crippen LogP contribution in [0.2, 0.25) is 0 Å². The topological polar surface area (TPSA) is 12.0 Å². The molecule has 0 aliphatic heterocycles. The first kappa shape index (κ1) is 16.6. The zero-order chi connectivity index (χ0) is 14.5. The van der Waals surface area contributed by atoms with Crippen molar-refractivity contribution in [3.63, 3.8) is 0 Å². The average molecular weight is 330 g/mol. The van der Waals surface area contributed by atoms with Gasteiger partial charge in [-0.15, -0.1) is 0 Å². The van der Waals surface area contributed by atoms with Gasteiger partial charge in [0, 0.05) is 6.54 Å². The molecule has 0 bridgehead atoms. The maximum Gasteiger partial charge on any atom is 0.137 e. The van der Waals surface area contributed by atoms with Crippen molar-refractivity contribution < 1.29 is 4.39 Å². The lowest BCUT2D eigenvalue weighted by Crippen LogP contribution is -2.35. The van der Waals surface area contributed by atoms with Crippen LogP contribution in [0.3, 0.4) is 0 Å². The molecule has 1 nitrogen and oxygen atoms in total. The Kier molecular flexibility index (Phi) is 6.48. The van der Waals surface area contributed by atoms with Gasteiger partial charge in [0.15, 0.2) is 0 Å². The minimum absolute atomic E-state index is 0.195. The first-order chi connectivity index (χ1) is 8.86. The van der Waals surface area contributed by atoms with Gasteiger partial charge in [-0.2, -0.15) is 0 Å². The Morgan fingerprint density at radius 3 is 2.58 bits per heavy atom. The van der Waals surface area contributed by atoms with E-state index >= 15 is 0 Å². The average Bonchev–Trinajstić information content (AvgIpc) is 2.33. The van der Waals surface area contributed by atoms with Crippen molar-refractivity contribution in [2.24, 2.45) is 11.3 Å². The Morgan fingerprint density at radius 1 is 1.37 bits per heavy atom. The lowest BCUT2D eigenvalue weighted by atomic mass is 9.81. The van der Waals surface area contributed by atoms with E-state index in [1.807, 2.05) is 12.1 Å². The molecule has 1 rings (SSSR count). The zero-order valence-corrected chi connectivity index (χ0v) is 14.0. The Labute approximate surface area is 125 Å². The maximum absolute atomic E-state index is 13.2. The molecule has 1 aromatic carbocycles. The molecular formula is C16H25BrFN. The Balaban J connectivity index is 2.65. The minimum Gasteiger partial charge on any atom is -0.316 e. The molecule has 1 N–H and O–H groups in total. The van der Waals surface area contributed by atoms with Crippen LogP contribution >= 0.6 is 15.9 Å². The second-order valence-corrected chi connectivity index (χ2v) is 6.97. The molecule has 0 aliphatic rings. The van der Waals surface area contributed by atoms with E-state index in [2.05, 4.69) is 48.9 Å². The summed E-state index contributed by atoms with van der Waals surface area (Å²) >= 11 is 3.26. The summed E-state index contributed by atoms with van der Waals surface area (Å²) in [6.45, 7) is 11.0. The van der Waals surface area contributed by atoms with Crippen molar-refractivity contribution in [2.75, 3.05) is 13.1 Å². The third-order valence-electron chi connectivity index (χ3n) is 3.57. The monoisotopic (exact) mass is 329 g/mol. The van der Waals surface area contributed by atoms with E-state index in [1.165, 1.54) is 11.6 Å². The number of rotatable bonds is 7. The van der Waals surface area contributed by atoms with Crippen LogP contribution in [-0.4, -0.2) is 13.1 Å². The molecule has 3 heteroatoms. The van der Waals surface area contributed by atoms with Crippen molar-refractivity contribution in [2.45, 2.75) is 40.5 Å². The summed E-state index contributed by atoms with van der Waals surface area (Å²) in [5.74, 6) is 0.473. The van der Waals surface area contributed by atoms with Crippen LogP contribution < -0.4 is 5.32 Å². The van der Waals surface area contributed by atoms with Gasteiger partial charge in [-0.05, 0) is 64.3 Å². The number of benzene rings is 1. The van der Waals surface area contributed by atoms with E-state index in [-0.39, 0.29) is 11.2 Å². The molecule has 108 valence electrons. The Bertz CT molecular complexity index is 406. The van der Waals surface area contributed by atoms with Crippen LogP contribution in [0, 0.1) is 17.2 Å². The summed E-state index contributed by atoms with van der Waals surface area (Å²) in [4.78, 5) is 0. The third kappa shape index (κ3) is 5.62. The van der Waals surface area contributed by atoms with Crippen LogP contribution in [-0.2, 0) is 6.42 Å². The molecule has 1 aromatic rings. The second kappa shape index (κ2) is 7.39. The fourth-order valence-corrected chi connectivity index (χ4v) is 2.54. The predicted molar refractivity (Wildman–Crippen MR) is 83.9 cm³/mol. The predicted octanol–water partition coefficient (Wildman–Crippen LogP) is 4.79. The minimum atomic E-state index is -0.195. The summed E-state index contributed by atoms with van der Waals surface area (Å²) in [6.07, 6.45) is 2.07. The molecule has 0 spiro atoms. The van der Waals surface area contributed by atoms with Gasteiger partial charge in [0.2, 0.25) is 0 Å². The lowest BCUT2D eigenvalue weighted by Gasteiger charge is -2.29. The molecular weight excluding hydrogens is 305 g/mol. The van der Waals surface area contributed by atoms with Crippen LogP contribution in [0.25, 0.3) is 0 Å². The molecule has 1 unspecified atom stereocenters. The molecule has 0 radical (unpaired) electrons. The standard InChI is InChI=1S/C16H25BrFN/c1-5-16(4,11-19-10-12(2)3)9-13-6-7-15(18)14(17)8-13/h6-8,12,19H,5,9-11H2,1-4H3. The zero-order valence-electron chi connectivity index (χ0n) is 12.4. The highest BCUT2D eigenvalue weighted by molar-refractivity contribution is 9.10. The number of hydrogen-bond donors (Lipinski definition) is 1. The lowest BCUT2D eigenvalue weighted by molar-refractivity contribution is 0.285. The molecule has 19 heavy (non-hydrogen) atoms. The quantitative estimate of drug-likeness (QED) is 0.758. The van der Waals surface area contributed by atoms with E-state index in [1.54, 1.807) is 0 Å². The normalized spacial score (nSPS) is 14.7. The molecule has 1 atom stereocenters. The Hall–Kier alpha value is -0.410. The first-order valence-electron chi connectivity index (χ1n) is 7.01. The first-order valence-corrected chi connectivity index (χ1v) is 7.80. The fourth-order valence-electron chi connectivity index (χ4n) is 2.12. The van der Waals surface area contributed by atoms with Gasteiger partial charge in [-0.1, -0.05) is 33.8 Å². The summed E-state index contributed by atoms with van der Waals surface area (Å²) in [7, 11) is 0. The van der Waals surface area contributed by atoms with Crippen molar-refractivity contribution in [1.82, 2.24) is 5.32 Å². The summed E-state index contributed by atoms with van der Waals surface area (Å²) in [6, 6.07) is 5.32. The molecule has 0 saturated carbocycles. The molecule has 0 aliphatic carbocycles. The van der Waals surface area contributed by atoms with Crippen molar-refractivity contribution in [1.29, 1.82) is 0 Å². The summed E-state index contributed by atoms with van der Waals surface area (Å²) < 4.78 is 13.8. The highest BCUT2D eigenvalue weighted by Gasteiger charge is 2.22. The van der Waals surface area contributed by atoms with Crippen LogP contribution in [0.5, 0.6) is 0 Å². The van der Waals surface area contributed by atoms with Gasteiger partial charge in [-0.25, -0.2) is 4.39 Å². The molecule has 0 aromatic heterocycles. The van der Waals surface area contributed by atoms with E-state index in [0.29, 0.717) is 10.4 Å².